The highest BCUT2D eigenvalue weighted by molar-refractivity contribution is 7.59. The molecule has 0 amide bonds. The number of aromatic amines is 1. The first-order chi connectivity index (χ1) is 17.9. The van der Waals surface area contributed by atoms with Gasteiger partial charge in [0, 0.05) is 6.04 Å². The maximum Gasteiger partial charge on any atom is 0.357 e. The van der Waals surface area contributed by atoms with Crippen molar-refractivity contribution in [2.75, 3.05) is 7.11 Å². The van der Waals surface area contributed by atoms with Crippen LogP contribution in [0.25, 0.3) is 0 Å². The number of H-pyrrole nitrogens is 1. The smallest absolute Gasteiger partial charge is 0.357 e. The van der Waals surface area contributed by atoms with E-state index >= 15 is 0 Å². The van der Waals surface area contributed by atoms with E-state index in [1.165, 1.54) is 19.1 Å². The number of rotatable bonds is 11. The Morgan fingerprint density at radius 3 is 2.45 bits per heavy atom. The maximum atomic E-state index is 14.2. The summed E-state index contributed by atoms with van der Waals surface area (Å²) in [5.74, 6) is -4.51. The average Bonchev–Trinajstić information content (AvgIpc) is 3.32. The molecule has 1 heterocycles. The van der Waals surface area contributed by atoms with E-state index < -0.39 is 66.7 Å². The predicted molar refractivity (Wildman–Crippen MR) is 133 cm³/mol. The largest absolute Gasteiger partial charge is 0.467 e. The van der Waals surface area contributed by atoms with Gasteiger partial charge in [0.25, 0.3) is 11.4 Å². The van der Waals surface area contributed by atoms with Crippen molar-refractivity contribution in [2.45, 2.75) is 70.2 Å². The van der Waals surface area contributed by atoms with E-state index in [9.17, 15) is 28.1 Å². The Morgan fingerprint density at radius 2 is 1.82 bits per heavy atom. The van der Waals surface area contributed by atoms with Gasteiger partial charge in [0.15, 0.2) is 0 Å². The van der Waals surface area contributed by atoms with E-state index in [-0.39, 0.29) is 12.2 Å². The normalized spacial score (nSPS) is 20.4. The van der Waals surface area contributed by atoms with Crippen molar-refractivity contribution in [3.05, 3.63) is 63.2 Å². The average molecular weight is 555 g/mol. The third-order valence-electron chi connectivity index (χ3n) is 5.77. The summed E-state index contributed by atoms with van der Waals surface area (Å²) >= 11 is 0. The van der Waals surface area contributed by atoms with Crippen LogP contribution in [-0.2, 0) is 28.4 Å². The van der Waals surface area contributed by atoms with Crippen LogP contribution in [0.1, 0.15) is 46.1 Å². The van der Waals surface area contributed by atoms with Gasteiger partial charge >= 0.3 is 25.1 Å². The molecule has 0 radical (unpaired) electrons. The molecule has 1 aromatic carbocycles. The number of hydrogen-bond acceptors (Lipinski definition) is 9. The number of nitrogens with zero attached hydrogens (tertiary/aromatic N) is 1. The molecule has 3 rings (SSSR count). The van der Waals surface area contributed by atoms with Gasteiger partial charge in [0.1, 0.15) is 11.8 Å². The summed E-state index contributed by atoms with van der Waals surface area (Å²) in [6, 6.07) is 6.30. The third-order valence-corrected chi connectivity index (χ3v) is 7.95. The van der Waals surface area contributed by atoms with E-state index in [1.807, 2.05) is 4.98 Å². The summed E-state index contributed by atoms with van der Waals surface area (Å²) in [4.78, 5) is 50.8. The molecule has 1 aromatic heterocycles. The Morgan fingerprint density at radius 1 is 1.13 bits per heavy atom. The van der Waals surface area contributed by atoms with Crippen LogP contribution in [0.15, 0.2) is 46.1 Å². The summed E-state index contributed by atoms with van der Waals surface area (Å²) in [7, 11) is -3.28. The SMILES string of the molecule is COC(=O)C(O[C@@H]1CC[C@H](n2cc(F)c(=O)[nH]c2=O)C1)P(=O)(NC(C)C(=O)OC(C)C)Oc1ccccc1. The molecular formula is C24H31FN3O9P. The van der Waals surface area contributed by atoms with Crippen LogP contribution in [0.3, 0.4) is 0 Å². The molecule has 208 valence electrons. The molecule has 0 aliphatic heterocycles. The number of carbonyl (C=O) groups is 2. The topological polar surface area (TPSA) is 155 Å². The molecule has 5 atom stereocenters. The Hall–Kier alpha value is -3.28. The van der Waals surface area contributed by atoms with Gasteiger partial charge in [0.05, 0.1) is 25.5 Å². The van der Waals surface area contributed by atoms with Gasteiger partial charge in [-0.05, 0) is 52.2 Å². The molecule has 14 heteroatoms. The van der Waals surface area contributed by atoms with Crippen LogP contribution in [0, 0.1) is 5.82 Å². The minimum atomic E-state index is -4.37. The van der Waals surface area contributed by atoms with Gasteiger partial charge in [-0.1, -0.05) is 18.2 Å². The number of hydrogen-bond donors (Lipinski definition) is 2. The molecule has 0 spiro atoms. The number of carbonyl (C=O) groups excluding carboxylic acids is 2. The summed E-state index contributed by atoms with van der Waals surface area (Å²) in [6.45, 7) is 4.71. The second-order valence-corrected chi connectivity index (χ2v) is 11.2. The van der Waals surface area contributed by atoms with Crippen molar-refractivity contribution in [1.82, 2.24) is 14.6 Å². The fraction of sp³-hybridized carbons (Fsp3) is 0.500. The second-order valence-electron chi connectivity index (χ2n) is 9.08. The Labute approximate surface area is 217 Å². The van der Waals surface area contributed by atoms with Gasteiger partial charge in [-0.3, -0.25) is 23.7 Å². The van der Waals surface area contributed by atoms with Crippen molar-refractivity contribution < 1.29 is 37.3 Å². The third kappa shape index (κ3) is 7.18. The number of ether oxygens (including phenoxy) is 3. The van der Waals surface area contributed by atoms with Crippen molar-refractivity contribution in [3.63, 3.8) is 0 Å². The predicted octanol–water partition coefficient (Wildman–Crippen LogP) is 2.49. The minimum absolute atomic E-state index is 0.134. The summed E-state index contributed by atoms with van der Waals surface area (Å²) in [5.41, 5.74) is -1.92. The Kier molecular flexibility index (Phi) is 9.64. The molecule has 1 aliphatic rings. The zero-order valence-electron chi connectivity index (χ0n) is 21.4. The van der Waals surface area contributed by atoms with Crippen molar-refractivity contribution >= 4 is 19.5 Å². The zero-order chi connectivity index (χ0) is 28.0. The zero-order valence-corrected chi connectivity index (χ0v) is 22.3. The monoisotopic (exact) mass is 555 g/mol. The van der Waals surface area contributed by atoms with Crippen molar-refractivity contribution in [3.8, 4) is 5.75 Å². The molecule has 1 saturated carbocycles. The summed E-state index contributed by atoms with van der Waals surface area (Å²) in [5, 5.41) is 2.59. The first kappa shape index (κ1) is 29.3. The molecule has 1 aliphatic carbocycles. The molecule has 0 saturated heterocycles. The van der Waals surface area contributed by atoms with Crippen LogP contribution in [-0.4, -0.2) is 52.7 Å². The molecular weight excluding hydrogens is 524 g/mol. The van der Waals surface area contributed by atoms with E-state index in [2.05, 4.69) is 5.09 Å². The van der Waals surface area contributed by atoms with E-state index in [1.54, 1.807) is 32.0 Å². The molecule has 2 N–H and O–H groups in total. The maximum absolute atomic E-state index is 14.2. The number of para-hydroxylation sites is 1. The number of benzene rings is 1. The van der Waals surface area contributed by atoms with Gasteiger partial charge in [0.2, 0.25) is 5.82 Å². The highest BCUT2D eigenvalue weighted by atomic mass is 31.2. The lowest BCUT2D eigenvalue weighted by Crippen LogP contribution is -2.42. The Bertz CT molecular complexity index is 1300. The van der Waals surface area contributed by atoms with Crippen molar-refractivity contribution in [1.29, 1.82) is 0 Å². The van der Waals surface area contributed by atoms with E-state index in [0.29, 0.717) is 12.8 Å². The number of esters is 2. The highest BCUT2D eigenvalue weighted by Gasteiger charge is 2.48. The lowest BCUT2D eigenvalue weighted by Gasteiger charge is -2.30. The molecule has 12 nitrogen and oxygen atoms in total. The van der Waals surface area contributed by atoms with Crippen LogP contribution in [0.5, 0.6) is 5.75 Å². The van der Waals surface area contributed by atoms with Gasteiger partial charge in [-0.2, -0.15) is 4.39 Å². The number of aromatic nitrogens is 2. The molecule has 38 heavy (non-hydrogen) atoms. The quantitative estimate of drug-likeness (QED) is 0.312. The van der Waals surface area contributed by atoms with Gasteiger partial charge < -0.3 is 18.7 Å². The highest BCUT2D eigenvalue weighted by Crippen LogP contribution is 2.51. The van der Waals surface area contributed by atoms with Crippen LogP contribution in [0.4, 0.5) is 4.39 Å². The molecule has 0 bridgehead atoms. The van der Waals surface area contributed by atoms with Gasteiger partial charge in [-0.25, -0.2) is 14.7 Å². The Balaban J connectivity index is 1.89. The summed E-state index contributed by atoms with van der Waals surface area (Å²) < 4.78 is 50.8. The lowest BCUT2D eigenvalue weighted by atomic mass is 10.2. The number of nitrogens with one attached hydrogen (secondary N) is 2. The second kappa shape index (κ2) is 12.5. The van der Waals surface area contributed by atoms with Crippen LogP contribution < -0.4 is 20.9 Å². The van der Waals surface area contributed by atoms with Gasteiger partial charge in [-0.15, -0.1) is 0 Å². The fourth-order valence-electron chi connectivity index (χ4n) is 4.02. The van der Waals surface area contributed by atoms with Crippen LogP contribution >= 0.6 is 7.52 Å². The van der Waals surface area contributed by atoms with E-state index in [0.717, 1.165) is 17.9 Å². The van der Waals surface area contributed by atoms with Crippen molar-refractivity contribution in [2.24, 2.45) is 0 Å². The molecule has 2 aromatic rings. The van der Waals surface area contributed by atoms with Crippen LogP contribution in [0.2, 0.25) is 0 Å². The first-order valence-corrected chi connectivity index (χ1v) is 13.7. The summed E-state index contributed by atoms with van der Waals surface area (Å²) in [6.07, 6.45) is 0.442. The minimum Gasteiger partial charge on any atom is -0.467 e. The molecule has 3 unspecified atom stereocenters. The number of halogens is 1. The first-order valence-electron chi connectivity index (χ1n) is 12.0. The number of methoxy groups -OCH3 is 1. The lowest BCUT2D eigenvalue weighted by molar-refractivity contribution is -0.152. The molecule has 1 fully saturated rings. The van der Waals surface area contributed by atoms with E-state index in [4.69, 9.17) is 18.7 Å². The standard InChI is InChI=1S/C24H31FN3O9P/c1-14(2)35-21(30)15(3)27-38(33,37-17-8-6-5-7-9-17)23(22(31)34-4)36-18-11-10-16(12-18)28-13-19(25)20(29)26-24(28)32/h5-9,13-16,18,23H,10-12H2,1-4H3,(H,27,33)(H,26,29,32)/t15?,16-,18+,23?,38?/m0/s1. The fourth-order valence-corrected chi connectivity index (χ4v) is 6.10.